The van der Waals surface area contributed by atoms with Crippen molar-refractivity contribution in [3.8, 4) is 5.95 Å². The smallest absolute Gasteiger partial charge is 0.235 e. The lowest BCUT2D eigenvalue weighted by Gasteiger charge is -2.07. The third kappa shape index (κ3) is 1.88. The Morgan fingerprint density at radius 3 is 2.20 bits per heavy atom. The molecule has 0 aromatic carbocycles. The Kier molecular flexibility index (Phi) is 2.49. The van der Waals surface area contributed by atoms with Crippen LogP contribution in [0.2, 0.25) is 5.15 Å². The topological polar surface area (TPSA) is 30.7 Å². The van der Waals surface area contributed by atoms with Crippen molar-refractivity contribution in [2.75, 3.05) is 0 Å². The van der Waals surface area contributed by atoms with E-state index in [9.17, 15) is 0 Å². The second kappa shape index (κ2) is 3.66. The molecule has 0 atom stereocenters. The highest BCUT2D eigenvalue weighted by Gasteiger charge is 2.07. The SMILES string of the molecule is Cc1cc(Cl)nc(-n2c(C)ccc2C)n1. The van der Waals surface area contributed by atoms with Gasteiger partial charge in [0.25, 0.3) is 0 Å². The second-order valence-corrected chi connectivity index (χ2v) is 3.97. The Morgan fingerprint density at radius 2 is 1.67 bits per heavy atom. The Labute approximate surface area is 93.7 Å². The summed E-state index contributed by atoms with van der Waals surface area (Å²) in [4.78, 5) is 8.58. The fraction of sp³-hybridized carbons (Fsp3) is 0.273. The van der Waals surface area contributed by atoms with Gasteiger partial charge in [-0.2, -0.15) is 0 Å². The number of nitrogens with zero attached hydrogens (tertiary/aromatic N) is 3. The van der Waals surface area contributed by atoms with Crippen molar-refractivity contribution in [3.63, 3.8) is 0 Å². The lowest BCUT2D eigenvalue weighted by atomic mass is 10.4. The molecule has 3 nitrogen and oxygen atoms in total. The average molecular weight is 222 g/mol. The van der Waals surface area contributed by atoms with Crippen LogP contribution >= 0.6 is 11.6 Å². The van der Waals surface area contributed by atoms with E-state index in [1.165, 1.54) is 0 Å². The van der Waals surface area contributed by atoms with Crippen LogP contribution in [-0.2, 0) is 0 Å². The van der Waals surface area contributed by atoms with Gasteiger partial charge in [0.05, 0.1) is 0 Å². The number of halogens is 1. The number of rotatable bonds is 1. The Morgan fingerprint density at radius 1 is 1.07 bits per heavy atom. The molecular weight excluding hydrogens is 210 g/mol. The number of hydrogen-bond donors (Lipinski definition) is 0. The van der Waals surface area contributed by atoms with E-state index in [-0.39, 0.29) is 0 Å². The summed E-state index contributed by atoms with van der Waals surface area (Å²) in [5, 5.41) is 0.477. The molecule has 0 amide bonds. The van der Waals surface area contributed by atoms with Crippen LogP contribution in [0.1, 0.15) is 17.1 Å². The number of aryl methyl sites for hydroxylation is 3. The summed E-state index contributed by atoms with van der Waals surface area (Å²) >= 11 is 5.91. The van der Waals surface area contributed by atoms with Crippen molar-refractivity contribution < 1.29 is 0 Å². The summed E-state index contributed by atoms with van der Waals surface area (Å²) < 4.78 is 1.98. The monoisotopic (exact) mass is 221 g/mol. The molecule has 2 rings (SSSR count). The molecule has 0 unspecified atom stereocenters. The van der Waals surface area contributed by atoms with Crippen LogP contribution in [0.3, 0.4) is 0 Å². The molecule has 2 aromatic rings. The van der Waals surface area contributed by atoms with Crippen LogP contribution in [0.25, 0.3) is 5.95 Å². The number of aromatic nitrogens is 3. The molecule has 0 aliphatic carbocycles. The second-order valence-electron chi connectivity index (χ2n) is 3.58. The zero-order valence-corrected chi connectivity index (χ0v) is 9.71. The Bertz CT molecular complexity index is 463. The summed E-state index contributed by atoms with van der Waals surface area (Å²) in [6.07, 6.45) is 0. The first kappa shape index (κ1) is 10.2. The molecule has 0 radical (unpaired) electrons. The highest BCUT2D eigenvalue weighted by molar-refractivity contribution is 6.29. The summed E-state index contributed by atoms with van der Waals surface area (Å²) in [6.45, 7) is 5.95. The van der Waals surface area contributed by atoms with E-state index in [0.29, 0.717) is 11.1 Å². The van der Waals surface area contributed by atoms with Gasteiger partial charge in [-0.15, -0.1) is 0 Å². The maximum absolute atomic E-state index is 5.91. The minimum atomic E-state index is 0.477. The molecule has 0 aliphatic heterocycles. The van der Waals surface area contributed by atoms with Gasteiger partial charge in [-0.25, -0.2) is 9.97 Å². The molecule has 4 heteroatoms. The van der Waals surface area contributed by atoms with Crippen molar-refractivity contribution >= 4 is 11.6 Å². The molecule has 0 fully saturated rings. The van der Waals surface area contributed by atoms with E-state index in [0.717, 1.165) is 17.1 Å². The predicted octanol–water partition coefficient (Wildman–Crippen LogP) is 2.85. The third-order valence-corrected chi connectivity index (χ3v) is 2.48. The quantitative estimate of drug-likeness (QED) is 0.694. The first-order valence-electron chi connectivity index (χ1n) is 4.74. The molecule has 0 aliphatic rings. The lowest BCUT2D eigenvalue weighted by Crippen LogP contribution is -2.05. The van der Waals surface area contributed by atoms with Gasteiger partial charge >= 0.3 is 0 Å². The van der Waals surface area contributed by atoms with Crippen LogP contribution in [0, 0.1) is 20.8 Å². The molecule has 0 saturated carbocycles. The molecule has 0 saturated heterocycles. The summed E-state index contributed by atoms with van der Waals surface area (Å²) in [6, 6.07) is 5.82. The van der Waals surface area contributed by atoms with Gasteiger partial charge in [-0.05, 0) is 39.0 Å². The maximum Gasteiger partial charge on any atom is 0.235 e. The molecule has 0 spiro atoms. The largest absolute Gasteiger partial charge is 0.287 e. The standard InChI is InChI=1S/C11H12ClN3/c1-7-6-10(12)14-11(13-7)15-8(2)4-5-9(15)3/h4-6H,1-3H3. The molecular formula is C11H12ClN3. The fourth-order valence-corrected chi connectivity index (χ4v) is 1.83. The number of hydrogen-bond acceptors (Lipinski definition) is 2. The van der Waals surface area contributed by atoms with Crippen molar-refractivity contribution in [2.45, 2.75) is 20.8 Å². The molecule has 0 bridgehead atoms. The fourth-order valence-electron chi connectivity index (χ4n) is 1.60. The van der Waals surface area contributed by atoms with Crippen LogP contribution in [0.15, 0.2) is 18.2 Å². The summed E-state index contributed by atoms with van der Waals surface area (Å²) in [5.74, 6) is 0.639. The zero-order valence-electron chi connectivity index (χ0n) is 8.95. The van der Waals surface area contributed by atoms with Crippen molar-refractivity contribution in [1.82, 2.24) is 14.5 Å². The third-order valence-electron chi connectivity index (χ3n) is 2.28. The van der Waals surface area contributed by atoms with Crippen LogP contribution in [0.4, 0.5) is 0 Å². The van der Waals surface area contributed by atoms with Crippen LogP contribution in [0.5, 0.6) is 0 Å². The van der Waals surface area contributed by atoms with Gasteiger partial charge in [0, 0.05) is 17.1 Å². The first-order valence-corrected chi connectivity index (χ1v) is 5.12. The van der Waals surface area contributed by atoms with Crippen molar-refractivity contribution in [2.24, 2.45) is 0 Å². The summed E-state index contributed by atoms with van der Waals surface area (Å²) in [7, 11) is 0. The maximum atomic E-state index is 5.91. The van der Waals surface area contributed by atoms with E-state index >= 15 is 0 Å². The van der Waals surface area contributed by atoms with Crippen LogP contribution < -0.4 is 0 Å². The normalized spacial score (nSPS) is 10.7. The molecule has 2 aromatic heterocycles. The highest BCUT2D eigenvalue weighted by atomic mass is 35.5. The lowest BCUT2D eigenvalue weighted by molar-refractivity contribution is 0.862. The van der Waals surface area contributed by atoms with Crippen molar-refractivity contribution in [1.29, 1.82) is 0 Å². The van der Waals surface area contributed by atoms with Gasteiger partial charge in [0.15, 0.2) is 0 Å². The van der Waals surface area contributed by atoms with E-state index < -0.39 is 0 Å². The van der Waals surface area contributed by atoms with Gasteiger partial charge in [-0.1, -0.05) is 11.6 Å². The minimum Gasteiger partial charge on any atom is -0.287 e. The van der Waals surface area contributed by atoms with Crippen LogP contribution in [-0.4, -0.2) is 14.5 Å². The Balaban J connectivity index is 2.63. The molecule has 78 valence electrons. The van der Waals surface area contributed by atoms with E-state index in [4.69, 9.17) is 11.6 Å². The van der Waals surface area contributed by atoms with Gasteiger partial charge in [-0.3, -0.25) is 4.57 Å². The molecule has 0 N–H and O–H groups in total. The average Bonchev–Trinajstić information content (AvgIpc) is 2.44. The van der Waals surface area contributed by atoms with Gasteiger partial charge < -0.3 is 0 Å². The first-order chi connectivity index (χ1) is 7.08. The highest BCUT2D eigenvalue weighted by Crippen LogP contribution is 2.15. The Hall–Kier alpha value is -1.35. The van der Waals surface area contributed by atoms with Crippen molar-refractivity contribution in [3.05, 3.63) is 40.4 Å². The predicted molar refractivity (Wildman–Crippen MR) is 60.6 cm³/mol. The molecule has 15 heavy (non-hydrogen) atoms. The van der Waals surface area contributed by atoms with Gasteiger partial charge in [0.2, 0.25) is 5.95 Å². The van der Waals surface area contributed by atoms with E-state index in [2.05, 4.69) is 9.97 Å². The molecule has 2 heterocycles. The van der Waals surface area contributed by atoms with E-state index in [1.807, 2.05) is 37.5 Å². The zero-order chi connectivity index (χ0) is 11.0. The summed E-state index contributed by atoms with van der Waals surface area (Å²) in [5.41, 5.74) is 3.08. The van der Waals surface area contributed by atoms with Gasteiger partial charge in [0.1, 0.15) is 5.15 Å². The minimum absolute atomic E-state index is 0.477. The van der Waals surface area contributed by atoms with E-state index in [1.54, 1.807) is 6.07 Å².